The van der Waals surface area contributed by atoms with E-state index in [1.807, 2.05) is 0 Å². The fraction of sp³-hybridized carbons (Fsp3) is 0.467. The molecule has 1 heterocycles. The molecule has 0 spiro atoms. The monoisotopic (exact) mass is 326 g/mol. The Morgan fingerprint density at radius 3 is 2.36 bits per heavy atom. The van der Waals surface area contributed by atoms with Crippen molar-refractivity contribution in [3.8, 4) is 0 Å². The number of hydrogen-bond donors (Lipinski definition) is 3. The number of hydrogen-bond acceptors (Lipinski definition) is 3. The number of benzene rings is 1. The van der Waals surface area contributed by atoms with Crippen molar-refractivity contribution < 1.29 is 24.5 Å². The smallest absolute Gasteiger partial charge is 0.230 e. The summed E-state index contributed by atoms with van der Waals surface area (Å²) < 4.78 is 0. The molecule has 22 heavy (non-hydrogen) atoms. The highest BCUT2D eigenvalue weighted by Gasteiger charge is 2.30. The number of rotatable bonds is 5. The fourth-order valence-electron chi connectivity index (χ4n) is 2.67. The van der Waals surface area contributed by atoms with E-state index in [-0.39, 0.29) is 12.3 Å². The number of halogens is 1. The van der Waals surface area contributed by atoms with Crippen LogP contribution in [0.4, 0.5) is 5.69 Å². The van der Waals surface area contributed by atoms with Gasteiger partial charge in [-0.3, -0.25) is 4.79 Å². The minimum absolute atomic E-state index is 0.0840. The van der Waals surface area contributed by atoms with E-state index >= 15 is 0 Å². The average Bonchev–Trinajstić information content (AvgIpc) is 2.48. The zero-order chi connectivity index (χ0) is 16.1. The molecule has 6 nitrogen and oxygen atoms in total. The Hall–Kier alpha value is -1.63. The summed E-state index contributed by atoms with van der Waals surface area (Å²) in [6, 6.07) is 5.89. The molecule has 0 aliphatic carbocycles. The van der Waals surface area contributed by atoms with Crippen molar-refractivity contribution in [1.29, 1.82) is 0 Å². The molecule has 1 aromatic rings. The molecule has 120 valence electrons. The number of quaternary nitrogens is 2. The molecule has 1 aliphatic rings. The van der Waals surface area contributed by atoms with E-state index in [0.29, 0.717) is 10.7 Å². The van der Waals surface area contributed by atoms with Crippen LogP contribution in [-0.4, -0.2) is 51.1 Å². The van der Waals surface area contributed by atoms with Crippen LogP contribution < -0.4 is 20.2 Å². The quantitative estimate of drug-likeness (QED) is 0.547. The second-order valence-electron chi connectivity index (χ2n) is 5.75. The minimum atomic E-state index is -1.17. The van der Waals surface area contributed by atoms with Crippen molar-refractivity contribution in [3.05, 3.63) is 29.3 Å². The van der Waals surface area contributed by atoms with Crippen LogP contribution in [0.15, 0.2) is 24.3 Å². The molecule has 1 aliphatic heterocycles. The van der Waals surface area contributed by atoms with Gasteiger partial charge >= 0.3 is 0 Å². The van der Waals surface area contributed by atoms with Gasteiger partial charge in [0.1, 0.15) is 32.2 Å². The van der Waals surface area contributed by atoms with E-state index in [2.05, 4.69) is 12.4 Å². The van der Waals surface area contributed by atoms with Gasteiger partial charge < -0.3 is 25.0 Å². The van der Waals surface area contributed by atoms with E-state index < -0.39 is 12.0 Å². The van der Waals surface area contributed by atoms with Crippen molar-refractivity contribution in [2.24, 2.45) is 0 Å². The molecular formula is C15H21ClN3O3+. The predicted molar refractivity (Wildman–Crippen MR) is 80.8 cm³/mol. The lowest BCUT2D eigenvalue weighted by Crippen LogP contribution is -3.29. The first-order chi connectivity index (χ1) is 10.5. The zero-order valence-electron chi connectivity index (χ0n) is 12.5. The number of piperazine rings is 1. The number of anilines is 1. The molecule has 1 atom stereocenters. The Balaban J connectivity index is 1.94. The molecule has 1 amide bonds. The number of carbonyl (C=O) groups is 2. The van der Waals surface area contributed by atoms with Gasteiger partial charge in [-0.1, -0.05) is 11.6 Å². The first-order valence-corrected chi connectivity index (χ1v) is 7.75. The van der Waals surface area contributed by atoms with Crippen LogP contribution in [0.5, 0.6) is 0 Å². The Bertz CT molecular complexity index is 527. The maximum atomic E-state index is 12.1. The van der Waals surface area contributed by atoms with Gasteiger partial charge in [-0.2, -0.15) is 0 Å². The maximum absolute atomic E-state index is 12.1. The Morgan fingerprint density at radius 1 is 1.23 bits per heavy atom. The number of likely N-dealkylation sites (N-methyl/N-ethyl adjacent to an activating group) is 1. The third-order valence-corrected chi connectivity index (χ3v) is 4.29. The highest BCUT2D eigenvalue weighted by molar-refractivity contribution is 6.30. The molecule has 1 aromatic carbocycles. The van der Waals surface area contributed by atoms with Crippen LogP contribution >= 0.6 is 11.6 Å². The van der Waals surface area contributed by atoms with Gasteiger partial charge in [-0.25, -0.2) is 0 Å². The topological polar surface area (TPSA) is 78.1 Å². The number of carbonyl (C=O) groups excluding carboxylic acids is 2. The lowest BCUT2D eigenvalue weighted by atomic mass is 10.1. The summed E-state index contributed by atoms with van der Waals surface area (Å²) in [7, 11) is 2.08. The summed E-state index contributed by atoms with van der Waals surface area (Å²) in [6.45, 7) is 3.27. The van der Waals surface area contributed by atoms with E-state index in [1.54, 1.807) is 24.3 Å². The SMILES string of the molecule is C[NH+]1CC[NH+]([C@H](CC(=O)Nc2ccc(Cl)cc2)C(=O)[O-])CC1. The molecule has 0 saturated carbocycles. The molecule has 0 radical (unpaired) electrons. The minimum Gasteiger partial charge on any atom is -0.544 e. The third kappa shape index (κ3) is 4.69. The van der Waals surface area contributed by atoms with Crippen LogP contribution in [0.1, 0.15) is 6.42 Å². The normalized spacial score (nSPS) is 22.8. The molecule has 3 N–H and O–H groups in total. The third-order valence-electron chi connectivity index (χ3n) is 4.04. The van der Waals surface area contributed by atoms with Crippen molar-refractivity contribution >= 4 is 29.2 Å². The van der Waals surface area contributed by atoms with Gasteiger partial charge in [0.2, 0.25) is 5.91 Å². The van der Waals surface area contributed by atoms with Crippen LogP contribution in [0.2, 0.25) is 5.02 Å². The van der Waals surface area contributed by atoms with E-state index in [0.717, 1.165) is 31.1 Å². The molecule has 0 aromatic heterocycles. The van der Waals surface area contributed by atoms with Crippen LogP contribution in [0, 0.1) is 0 Å². The standard InChI is InChI=1S/C15H20ClN3O3/c1-18-6-8-19(9-7-18)13(15(21)22)10-14(20)17-12-4-2-11(16)3-5-12/h2-5,13H,6-10H2,1H3,(H,17,20)(H,21,22)/p+1/t13-/m1/s1. The Labute approximate surface area is 134 Å². The lowest BCUT2D eigenvalue weighted by Gasteiger charge is -2.33. The van der Waals surface area contributed by atoms with Gasteiger partial charge in [0, 0.05) is 10.7 Å². The second kappa shape index (κ2) is 7.58. The number of carboxylic acids is 1. The Morgan fingerprint density at radius 2 is 1.82 bits per heavy atom. The molecule has 1 saturated heterocycles. The van der Waals surface area contributed by atoms with E-state index in [1.165, 1.54) is 4.90 Å². The number of aliphatic carboxylic acids is 1. The van der Waals surface area contributed by atoms with Gasteiger partial charge in [0.05, 0.1) is 19.4 Å². The largest absolute Gasteiger partial charge is 0.544 e. The van der Waals surface area contributed by atoms with Gasteiger partial charge in [0.15, 0.2) is 0 Å². The predicted octanol–water partition coefficient (Wildman–Crippen LogP) is -2.80. The molecule has 0 bridgehead atoms. The summed E-state index contributed by atoms with van der Waals surface area (Å²) in [5.74, 6) is -1.49. The van der Waals surface area contributed by atoms with Gasteiger partial charge in [-0.05, 0) is 24.3 Å². The van der Waals surface area contributed by atoms with Gasteiger partial charge in [-0.15, -0.1) is 0 Å². The van der Waals surface area contributed by atoms with Crippen molar-refractivity contribution in [2.45, 2.75) is 12.5 Å². The molecule has 0 unspecified atom stereocenters. The van der Waals surface area contributed by atoms with Gasteiger partial charge in [0.25, 0.3) is 0 Å². The number of carboxylic acid groups (broad SMARTS) is 1. The van der Waals surface area contributed by atoms with Crippen LogP contribution in [-0.2, 0) is 9.59 Å². The summed E-state index contributed by atoms with van der Waals surface area (Å²) in [6.07, 6.45) is -0.0840. The summed E-state index contributed by atoms with van der Waals surface area (Å²) in [5, 5.41) is 14.7. The first-order valence-electron chi connectivity index (χ1n) is 7.38. The highest BCUT2D eigenvalue weighted by Crippen LogP contribution is 2.13. The van der Waals surface area contributed by atoms with Crippen molar-refractivity contribution in [1.82, 2.24) is 0 Å². The lowest BCUT2D eigenvalue weighted by molar-refractivity contribution is -1.01. The van der Waals surface area contributed by atoms with Crippen molar-refractivity contribution in [3.63, 3.8) is 0 Å². The van der Waals surface area contributed by atoms with Crippen LogP contribution in [0.3, 0.4) is 0 Å². The summed E-state index contributed by atoms with van der Waals surface area (Å²) >= 11 is 5.78. The first kappa shape index (κ1) is 16.7. The average molecular weight is 327 g/mol. The van der Waals surface area contributed by atoms with E-state index in [9.17, 15) is 14.7 Å². The Kier molecular flexibility index (Phi) is 5.76. The highest BCUT2D eigenvalue weighted by atomic mass is 35.5. The fourth-order valence-corrected chi connectivity index (χ4v) is 2.80. The number of amides is 1. The van der Waals surface area contributed by atoms with E-state index in [4.69, 9.17) is 11.6 Å². The molecule has 2 rings (SSSR count). The second-order valence-corrected chi connectivity index (χ2v) is 6.18. The van der Waals surface area contributed by atoms with Crippen molar-refractivity contribution in [2.75, 3.05) is 38.5 Å². The molecule has 1 fully saturated rings. The maximum Gasteiger partial charge on any atom is 0.230 e. The zero-order valence-corrected chi connectivity index (χ0v) is 13.3. The summed E-state index contributed by atoms with van der Waals surface area (Å²) in [5.41, 5.74) is 0.601. The summed E-state index contributed by atoms with van der Waals surface area (Å²) in [4.78, 5) is 25.7. The number of nitrogens with one attached hydrogen (secondary N) is 3. The molecule has 7 heteroatoms. The van der Waals surface area contributed by atoms with Crippen LogP contribution in [0.25, 0.3) is 0 Å². The molecular weight excluding hydrogens is 306 g/mol.